The molecule has 3 atom stereocenters. The second kappa shape index (κ2) is 11.1. The van der Waals surface area contributed by atoms with Crippen molar-refractivity contribution in [1.82, 2.24) is 19.9 Å². The first-order chi connectivity index (χ1) is 13.6. The summed E-state index contributed by atoms with van der Waals surface area (Å²) < 4.78 is 5.52. The molecule has 1 amide bonds. The second-order valence-corrected chi connectivity index (χ2v) is 7.98. The van der Waals surface area contributed by atoms with Gasteiger partial charge in [-0.25, -0.2) is 0 Å². The van der Waals surface area contributed by atoms with Crippen LogP contribution >= 0.6 is 24.8 Å². The largest absolute Gasteiger partial charge is 0.340 e. The number of carbonyl (C=O) groups is 1. The van der Waals surface area contributed by atoms with Crippen LogP contribution in [0, 0.1) is 5.92 Å². The number of hydrogen-bond donors (Lipinski definition) is 1. The normalized spacial score (nSPS) is 23.2. The number of carbonyl (C=O) groups excluding carboxylic acids is 1. The highest BCUT2D eigenvalue weighted by atomic mass is 35.5. The molecule has 166 valence electrons. The van der Waals surface area contributed by atoms with Gasteiger partial charge in [0.1, 0.15) is 0 Å². The van der Waals surface area contributed by atoms with E-state index in [0.717, 1.165) is 57.4 Å². The molecule has 0 radical (unpaired) electrons. The number of aromatic nitrogens is 2. The Bertz CT molecular complexity index is 796. The molecule has 1 aromatic heterocycles. The summed E-state index contributed by atoms with van der Waals surface area (Å²) in [6, 6.07) is 10.1. The maximum absolute atomic E-state index is 12.8. The second-order valence-electron chi connectivity index (χ2n) is 7.98. The van der Waals surface area contributed by atoms with Crippen molar-refractivity contribution < 1.29 is 9.32 Å². The zero-order chi connectivity index (χ0) is 19.5. The Balaban J connectivity index is 0.00000160. The molecule has 0 bridgehead atoms. The van der Waals surface area contributed by atoms with Gasteiger partial charge >= 0.3 is 0 Å². The van der Waals surface area contributed by atoms with Crippen LogP contribution in [0.2, 0.25) is 0 Å². The summed E-state index contributed by atoms with van der Waals surface area (Å²) in [5, 5.41) is 4.12. The van der Waals surface area contributed by atoms with Crippen LogP contribution in [0.5, 0.6) is 0 Å². The van der Waals surface area contributed by atoms with E-state index in [4.69, 9.17) is 10.3 Å². The molecule has 7 nitrogen and oxygen atoms in total. The van der Waals surface area contributed by atoms with Gasteiger partial charge in [0.25, 0.3) is 0 Å². The van der Waals surface area contributed by atoms with Crippen molar-refractivity contribution in [2.45, 2.75) is 44.7 Å². The minimum Gasteiger partial charge on any atom is -0.340 e. The molecule has 0 spiro atoms. The number of piperazine rings is 1. The summed E-state index contributed by atoms with van der Waals surface area (Å²) in [5.41, 5.74) is 7.01. The number of benzene rings is 1. The van der Waals surface area contributed by atoms with Crippen LogP contribution in [0.3, 0.4) is 0 Å². The van der Waals surface area contributed by atoms with E-state index in [1.54, 1.807) is 0 Å². The first kappa shape index (κ1) is 24.6. The molecule has 30 heavy (non-hydrogen) atoms. The van der Waals surface area contributed by atoms with E-state index in [1.165, 1.54) is 0 Å². The topological polar surface area (TPSA) is 88.5 Å². The number of halogens is 2. The number of rotatable bonds is 4. The first-order valence-corrected chi connectivity index (χ1v) is 10.3. The average Bonchev–Trinajstić information content (AvgIpc) is 3.24. The number of nitrogens with two attached hydrogens (primary N) is 1. The van der Waals surface area contributed by atoms with Gasteiger partial charge in [-0.2, -0.15) is 4.98 Å². The molecule has 2 N–H and O–H groups in total. The van der Waals surface area contributed by atoms with Gasteiger partial charge in [-0.3, -0.25) is 9.69 Å². The summed E-state index contributed by atoms with van der Waals surface area (Å²) in [5.74, 6) is 1.63. The Morgan fingerprint density at radius 3 is 2.50 bits per heavy atom. The first-order valence-electron chi connectivity index (χ1n) is 10.3. The van der Waals surface area contributed by atoms with Crippen LogP contribution in [0.15, 0.2) is 34.9 Å². The Labute approximate surface area is 190 Å². The van der Waals surface area contributed by atoms with Gasteiger partial charge < -0.3 is 15.2 Å². The van der Waals surface area contributed by atoms with E-state index in [1.807, 2.05) is 35.2 Å². The van der Waals surface area contributed by atoms with Crippen molar-refractivity contribution in [3.05, 3.63) is 36.2 Å². The third-order valence-electron chi connectivity index (χ3n) is 6.07. The number of nitrogens with zero attached hydrogens (tertiary/aromatic N) is 4. The van der Waals surface area contributed by atoms with E-state index in [0.29, 0.717) is 11.7 Å². The number of amides is 1. The SMILES string of the molecule is CC(c1nc(-c2ccccc2)no1)N1CCN(C(=O)C2CCCC(N)C2)CC1.Cl.Cl. The maximum Gasteiger partial charge on any atom is 0.244 e. The standard InChI is InChI=1S/C21H29N5O2.2ClH/c1-15(20-23-19(24-28-20)16-6-3-2-4-7-16)25-10-12-26(13-11-25)21(27)17-8-5-9-18(22)14-17;;/h2-4,6-7,15,17-18H,5,8-14,22H2,1H3;2*1H. The molecule has 1 aliphatic carbocycles. The summed E-state index contributed by atoms with van der Waals surface area (Å²) in [7, 11) is 0. The molecular formula is C21H31Cl2N5O2. The van der Waals surface area contributed by atoms with Crippen molar-refractivity contribution in [3.8, 4) is 11.4 Å². The Hall–Kier alpha value is -1.67. The molecular weight excluding hydrogens is 425 g/mol. The third-order valence-corrected chi connectivity index (χ3v) is 6.07. The van der Waals surface area contributed by atoms with Crippen molar-refractivity contribution in [1.29, 1.82) is 0 Å². The minimum atomic E-state index is 0. The van der Waals surface area contributed by atoms with Crippen LogP contribution in [0.1, 0.15) is 44.5 Å². The Kier molecular flexibility index (Phi) is 9.09. The van der Waals surface area contributed by atoms with Gasteiger partial charge in [0, 0.05) is 43.7 Å². The van der Waals surface area contributed by atoms with Crippen molar-refractivity contribution in [3.63, 3.8) is 0 Å². The Morgan fingerprint density at radius 1 is 1.13 bits per heavy atom. The lowest BCUT2D eigenvalue weighted by molar-refractivity contribution is -0.138. The Morgan fingerprint density at radius 2 is 1.83 bits per heavy atom. The van der Waals surface area contributed by atoms with Gasteiger partial charge in [-0.1, -0.05) is 41.9 Å². The van der Waals surface area contributed by atoms with Crippen molar-refractivity contribution >= 4 is 30.7 Å². The summed E-state index contributed by atoms with van der Waals surface area (Å²) in [6.07, 6.45) is 3.92. The fourth-order valence-electron chi connectivity index (χ4n) is 4.31. The zero-order valence-corrected chi connectivity index (χ0v) is 18.9. The van der Waals surface area contributed by atoms with Gasteiger partial charge in [0.05, 0.1) is 6.04 Å². The highest BCUT2D eigenvalue weighted by Crippen LogP contribution is 2.27. The van der Waals surface area contributed by atoms with E-state index in [9.17, 15) is 4.79 Å². The predicted molar refractivity (Wildman–Crippen MR) is 121 cm³/mol. The quantitative estimate of drug-likeness (QED) is 0.760. The lowest BCUT2D eigenvalue weighted by atomic mass is 9.85. The summed E-state index contributed by atoms with van der Waals surface area (Å²) in [4.78, 5) is 21.7. The molecule has 1 aromatic carbocycles. The lowest BCUT2D eigenvalue weighted by Crippen LogP contribution is -2.51. The zero-order valence-electron chi connectivity index (χ0n) is 17.3. The fourth-order valence-corrected chi connectivity index (χ4v) is 4.31. The highest BCUT2D eigenvalue weighted by molar-refractivity contribution is 5.85. The fraction of sp³-hybridized carbons (Fsp3) is 0.571. The molecule has 2 aliphatic rings. The smallest absolute Gasteiger partial charge is 0.244 e. The summed E-state index contributed by atoms with van der Waals surface area (Å²) in [6.45, 7) is 5.20. The average molecular weight is 456 g/mol. The summed E-state index contributed by atoms with van der Waals surface area (Å²) >= 11 is 0. The molecule has 2 fully saturated rings. The maximum atomic E-state index is 12.8. The molecule has 1 saturated heterocycles. The van der Waals surface area contributed by atoms with Crippen LogP contribution in [-0.2, 0) is 4.79 Å². The van der Waals surface area contributed by atoms with Gasteiger partial charge in [-0.15, -0.1) is 24.8 Å². The van der Waals surface area contributed by atoms with Gasteiger partial charge in [0.15, 0.2) is 0 Å². The monoisotopic (exact) mass is 455 g/mol. The lowest BCUT2D eigenvalue weighted by Gasteiger charge is -2.39. The predicted octanol–water partition coefficient (Wildman–Crippen LogP) is 3.30. The van der Waals surface area contributed by atoms with E-state index >= 15 is 0 Å². The van der Waals surface area contributed by atoms with Crippen LogP contribution in [0.25, 0.3) is 11.4 Å². The molecule has 9 heteroatoms. The molecule has 2 heterocycles. The molecule has 1 saturated carbocycles. The van der Waals surface area contributed by atoms with Crippen LogP contribution < -0.4 is 5.73 Å². The van der Waals surface area contributed by atoms with Crippen LogP contribution in [0.4, 0.5) is 0 Å². The van der Waals surface area contributed by atoms with E-state index in [2.05, 4.69) is 22.0 Å². The minimum absolute atomic E-state index is 0. The molecule has 1 aliphatic heterocycles. The van der Waals surface area contributed by atoms with Crippen LogP contribution in [-0.4, -0.2) is 58.1 Å². The van der Waals surface area contributed by atoms with Gasteiger partial charge in [-0.05, 0) is 26.2 Å². The number of hydrogen-bond acceptors (Lipinski definition) is 6. The van der Waals surface area contributed by atoms with E-state index < -0.39 is 0 Å². The molecule has 4 rings (SSSR count). The van der Waals surface area contributed by atoms with Crippen molar-refractivity contribution in [2.24, 2.45) is 11.7 Å². The highest BCUT2D eigenvalue weighted by Gasteiger charge is 2.32. The third kappa shape index (κ3) is 5.52. The van der Waals surface area contributed by atoms with E-state index in [-0.39, 0.29) is 48.7 Å². The van der Waals surface area contributed by atoms with Crippen molar-refractivity contribution in [2.75, 3.05) is 26.2 Å². The van der Waals surface area contributed by atoms with Gasteiger partial charge in [0.2, 0.25) is 17.6 Å². The molecule has 2 aromatic rings. The molecule has 3 unspecified atom stereocenters.